The van der Waals surface area contributed by atoms with Gasteiger partial charge in [-0.2, -0.15) is 18.3 Å². The minimum absolute atomic E-state index is 0.0949. The van der Waals surface area contributed by atoms with Crippen molar-refractivity contribution in [3.8, 4) is 0 Å². The number of carbonyl (C=O) groups excluding carboxylic acids is 1. The molecular weight excluding hydrogens is 473 g/mol. The molecular formula is C22H15F3N4O2S2. The molecule has 33 heavy (non-hydrogen) atoms. The summed E-state index contributed by atoms with van der Waals surface area (Å²) in [5.74, 6) is -1.14. The summed E-state index contributed by atoms with van der Waals surface area (Å²) in [4.78, 5) is 21.4. The van der Waals surface area contributed by atoms with Gasteiger partial charge in [0.1, 0.15) is 16.8 Å². The van der Waals surface area contributed by atoms with E-state index in [1.54, 1.807) is 30.3 Å². The van der Waals surface area contributed by atoms with Crippen molar-refractivity contribution in [3.63, 3.8) is 0 Å². The summed E-state index contributed by atoms with van der Waals surface area (Å²) in [5, 5.41) is 8.36. The van der Waals surface area contributed by atoms with Gasteiger partial charge in [0.25, 0.3) is 5.91 Å². The standard InChI is InChI=1S/C22H15F3N4O2S2/c23-22(24,25)21-26-14-6-2-1-5-13(14)20(27-21)33-12-19(30)29-16(17-7-3-9-31-17)11-15(28-29)18-8-4-10-32-18/h1-10,16H,11-12H2/t16-/m0/s1. The van der Waals surface area contributed by atoms with Gasteiger partial charge in [-0.25, -0.2) is 15.0 Å². The van der Waals surface area contributed by atoms with E-state index in [0.717, 1.165) is 22.4 Å². The zero-order valence-corrected chi connectivity index (χ0v) is 18.5. The number of thioether (sulfide) groups is 1. The quantitative estimate of drug-likeness (QED) is 0.263. The maximum absolute atomic E-state index is 13.3. The first-order valence-electron chi connectivity index (χ1n) is 9.84. The number of aromatic nitrogens is 2. The second-order valence-electron chi connectivity index (χ2n) is 7.15. The molecule has 1 aliphatic rings. The van der Waals surface area contributed by atoms with E-state index in [4.69, 9.17) is 4.42 Å². The summed E-state index contributed by atoms with van der Waals surface area (Å²) in [5.41, 5.74) is 0.930. The van der Waals surface area contributed by atoms with Crippen LogP contribution in [0.5, 0.6) is 0 Å². The molecule has 0 radical (unpaired) electrons. The Morgan fingerprint density at radius 2 is 2.00 bits per heavy atom. The molecule has 0 N–H and O–H groups in total. The van der Waals surface area contributed by atoms with Crippen LogP contribution in [-0.2, 0) is 11.0 Å². The van der Waals surface area contributed by atoms with Crippen LogP contribution in [0, 0.1) is 0 Å². The maximum Gasteiger partial charge on any atom is 0.451 e. The predicted molar refractivity (Wildman–Crippen MR) is 119 cm³/mol. The lowest BCUT2D eigenvalue weighted by atomic mass is 10.1. The van der Waals surface area contributed by atoms with Crippen molar-refractivity contribution in [3.05, 3.63) is 76.6 Å². The fraction of sp³-hybridized carbons (Fsp3) is 0.182. The molecule has 0 fully saturated rings. The van der Waals surface area contributed by atoms with Gasteiger partial charge in [-0.1, -0.05) is 36.0 Å². The lowest BCUT2D eigenvalue weighted by Gasteiger charge is -2.19. The van der Waals surface area contributed by atoms with E-state index in [0.29, 0.717) is 17.6 Å². The second kappa shape index (κ2) is 8.64. The Bertz CT molecular complexity index is 1320. The normalized spacial score (nSPS) is 16.4. The topological polar surface area (TPSA) is 71.6 Å². The van der Waals surface area contributed by atoms with Crippen molar-refractivity contribution in [2.45, 2.75) is 23.7 Å². The molecule has 11 heteroatoms. The Morgan fingerprint density at radius 1 is 1.15 bits per heavy atom. The second-order valence-corrected chi connectivity index (χ2v) is 9.07. The van der Waals surface area contributed by atoms with Crippen molar-refractivity contribution in [1.82, 2.24) is 15.0 Å². The molecule has 0 spiro atoms. The van der Waals surface area contributed by atoms with Gasteiger partial charge < -0.3 is 4.42 Å². The third-order valence-corrected chi connectivity index (χ3v) is 6.89. The summed E-state index contributed by atoms with van der Waals surface area (Å²) >= 11 is 2.45. The van der Waals surface area contributed by atoms with Crippen molar-refractivity contribution in [1.29, 1.82) is 0 Å². The van der Waals surface area contributed by atoms with Crippen LogP contribution in [0.4, 0.5) is 13.2 Å². The molecule has 4 aromatic rings. The molecule has 1 aromatic carbocycles. The summed E-state index contributed by atoms with van der Waals surface area (Å²) in [7, 11) is 0. The number of thiophene rings is 1. The predicted octanol–water partition coefficient (Wildman–Crippen LogP) is 5.77. The smallest absolute Gasteiger partial charge is 0.451 e. The summed E-state index contributed by atoms with van der Waals surface area (Å²) in [6, 6.07) is 13.3. The number of para-hydroxylation sites is 1. The van der Waals surface area contributed by atoms with Crippen LogP contribution in [0.3, 0.4) is 0 Å². The van der Waals surface area contributed by atoms with Crippen LogP contribution in [0.1, 0.15) is 28.9 Å². The molecule has 3 aromatic heterocycles. The first-order valence-corrected chi connectivity index (χ1v) is 11.7. The van der Waals surface area contributed by atoms with Gasteiger partial charge in [0, 0.05) is 11.8 Å². The van der Waals surface area contributed by atoms with Gasteiger partial charge in [-0.3, -0.25) is 4.79 Å². The number of rotatable bonds is 5. The molecule has 168 valence electrons. The van der Waals surface area contributed by atoms with E-state index in [1.807, 2.05) is 17.5 Å². The zero-order chi connectivity index (χ0) is 23.0. The fourth-order valence-corrected chi connectivity index (χ4v) is 5.11. The zero-order valence-electron chi connectivity index (χ0n) is 16.8. The van der Waals surface area contributed by atoms with Crippen molar-refractivity contribution >= 4 is 45.6 Å². The average molecular weight is 489 g/mol. The van der Waals surface area contributed by atoms with Crippen LogP contribution in [0.15, 0.2) is 74.7 Å². The molecule has 6 nitrogen and oxygen atoms in total. The molecule has 1 atom stereocenters. The Morgan fingerprint density at radius 3 is 2.73 bits per heavy atom. The Hall–Kier alpha value is -3.18. The van der Waals surface area contributed by atoms with Crippen LogP contribution in [-0.4, -0.2) is 32.3 Å². The van der Waals surface area contributed by atoms with Crippen molar-refractivity contribution in [2.75, 3.05) is 5.75 Å². The number of benzene rings is 1. The third kappa shape index (κ3) is 4.38. The van der Waals surface area contributed by atoms with E-state index in [-0.39, 0.29) is 22.2 Å². The number of hydrazone groups is 1. The number of alkyl halides is 3. The van der Waals surface area contributed by atoms with Crippen LogP contribution < -0.4 is 0 Å². The number of carbonyl (C=O) groups is 1. The van der Waals surface area contributed by atoms with Gasteiger partial charge >= 0.3 is 6.18 Å². The van der Waals surface area contributed by atoms with Gasteiger partial charge in [0.15, 0.2) is 0 Å². The minimum Gasteiger partial charge on any atom is -0.467 e. The fourth-order valence-electron chi connectivity index (χ4n) is 3.51. The van der Waals surface area contributed by atoms with E-state index in [1.165, 1.54) is 28.7 Å². The molecule has 4 heterocycles. The van der Waals surface area contributed by atoms with Crippen molar-refractivity contribution in [2.24, 2.45) is 5.10 Å². The van der Waals surface area contributed by atoms with E-state index in [9.17, 15) is 18.0 Å². The molecule has 0 bridgehead atoms. The first-order chi connectivity index (χ1) is 15.9. The van der Waals surface area contributed by atoms with E-state index in [2.05, 4.69) is 15.1 Å². The van der Waals surface area contributed by atoms with E-state index >= 15 is 0 Å². The molecule has 0 aliphatic carbocycles. The Kier molecular flexibility index (Phi) is 5.67. The highest BCUT2D eigenvalue weighted by atomic mass is 32.2. The minimum atomic E-state index is -4.69. The molecule has 1 aliphatic heterocycles. The SMILES string of the molecule is O=C(CSc1nc(C(F)(F)F)nc2ccccc12)N1N=C(c2cccs2)C[C@H]1c1ccco1. The van der Waals surface area contributed by atoms with Crippen molar-refractivity contribution < 1.29 is 22.4 Å². The highest BCUT2D eigenvalue weighted by Crippen LogP contribution is 2.36. The van der Waals surface area contributed by atoms with E-state index < -0.39 is 18.0 Å². The summed E-state index contributed by atoms with van der Waals surface area (Å²) in [6.07, 6.45) is -2.68. The molecule has 0 unspecified atom stereocenters. The number of fused-ring (bicyclic) bond motifs is 1. The van der Waals surface area contributed by atoms with Gasteiger partial charge in [0.2, 0.25) is 5.82 Å². The highest BCUT2D eigenvalue weighted by Gasteiger charge is 2.37. The average Bonchev–Trinajstić information content (AvgIpc) is 3.57. The third-order valence-electron chi connectivity index (χ3n) is 5.00. The molecule has 0 saturated carbocycles. The largest absolute Gasteiger partial charge is 0.467 e. The number of halogens is 3. The van der Waals surface area contributed by atoms with Gasteiger partial charge in [0.05, 0.1) is 28.1 Å². The van der Waals surface area contributed by atoms with Crippen LogP contribution in [0.25, 0.3) is 10.9 Å². The monoisotopic (exact) mass is 488 g/mol. The lowest BCUT2D eigenvalue weighted by molar-refractivity contribution is -0.145. The number of furan rings is 1. The number of nitrogens with zero attached hydrogens (tertiary/aromatic N) is 4. The number of amides is 1. The maximum atomic E-state index is 13.3. The van der Waals surface area contributed by atoms with Gasteiger partial charge in [-0.15, -0.1) is 11.3 Å². The van der Waals surface area contributed by atoms with Crippen LogP contribution in [0.2, 0.25) is 0 Å². The van der Waals surface area contributed by atoms with Gasteiger partial charge in [-0.05, 0) is 29.6 Å². The molecule has 5 rings (SSSR count). The Labute approximate surface area is 194 Å². The highest BCUT2D eigenvalue weighted by molar-refractivity contribution is 8.00. The lowest BCUT2D eigenvalue weighted by Crippen LogP contribution is -2.28. The number of hydrogen-bond donors (Lipinski definition) is 0. The Balaban J connectivity index is 1.42. The summed E-state index contributed by atoms with van der Waals surface area (Å²) < 4.78 is 45.4. The summed E-state index contributed by atoms with van der Waals surface area (Å²) in [6.45, 7) is 0. The molecule has 0 saturated heterocycles. The first kappa shape index (κ1) is 21.7. The van der Waals surface area contributed by atoms with Crippen LogP contribution >= 0.6 is 23.1 Å². The molecule has 1 amide bonds. The number of hydrogen-bond acceptors (Lipinski definition) is 7.